The Kier molecular flexibility index (Phi) is 5.33. The summed E-state index contributed by atoms with van der Waals surface area (Å²) in [4.78, 5) is 26.1. The second-order valence-corrected chi connectivity index (χ2v) is 5.28. The average Bonchev–Trinajstić information content (AvgIpc) is 2.54. The Labute approximate surface area is 125 Å². The van der Waals surface area contributed by atoms with Crippen LogP contribution < -0.4 is 10.1 Å². The van der Waals surface area contributed by atoms with Gasteiger partial charge in [0, 0.05) is 24.6 Å². The van der Waals surface area contributed by atoms with E-state index in [1.165, 1.54) is 0 Å². The van der Waals surface area contributed by atoms with E-state index >= 15 is 0 Å². The molecule has 5 nitrogen and oxygen atoms in total. The van der Waals surface area contributed by atoms with Crippen molar-refractivity contribution in [1.29, 1.82) is 0 Å². The quantitative estimate of drug-likeness (QED) is 0.831. The molecule has 0 atom stereocenters. The number of likely N-dealkylation sites (N-methyl/N-ethyl adjacent to an activating group) is 1. The fourth-order valence-electron chi connectivity index (χ4n) is 2.65. The lowest BCUT2D eigenvalue weighted by Crippen LogP contribution is -2.43. The Morgan fingerprint density at radius 2 is 1.86 bits per heavy atom. The van der Waals surface area contributed by atoms with Gasteiger partial charge in [-0.3, -0.25) is 9.59 Å². The van der Waals surface area contributed by atoms with Crippen LogP contribution in [0.3, 0.4) is 0 Å². The molecule has 0 bridgehead atoms. The van der Waals surface area contributed by atoms with E-state index in [1.807, 2.05) is 4.90 Å². The standard InChI is InChI=1S/C16H22N2O3/c1-17-11-15(19)18-9-7-13(8-10-18)16(20)12-3-5-14(21-2)6-4-12/h3-6,13,17H,7-11H2,1-2H3. The van der Waals surface area contributed by atoms with Crippen LogP contribution in [0, 0.1) is 5.92 Å². The van der Waals surface area contributed by atoms with Crippen LogP contribution in [0.1, 0.15) is 23.2 Å². The highest BCUT2D eigenvalue weighted by molar-refractivity contribution is 5.98. The summed E-state index contributed by atoms with van der Waals surface area (Å²) < 4.78 is 5.10. The average molecular weight is 290 g/mol. The number of ketones is 1. The summed E-state index contributed by atoms with van der Waals surface area (Å²) >= 11 is 0. The van der Waals surface area contributed by atoms with Gasteiger partial charge in [0.1, 0.15) is 5.75 Å². The van der Waals surface area contributed by atoms with Crippen LogP contribution in [0.2, 0.25) is 0 Å². The third kappa shape index (κ3) is 3.82. The van der Waals surface area contributed by atoms with E-state index in [0.717, 1.165) is 24.2 Å². The number of piperidine rings is 1. The molecule has 5 heteroatoms. The third-order valence-electron chi connectivity index (χ3n) is 3.92. The number of hydrogen-bond donors (Lipinski definition) is 1. The van der Waals surface area contributed by atoms with Gasteiger partial charge in [0.25, 0.3) is 0 Å². The van der Waals surface area contributed by atoms with Crippen molar-refractivity contribution in [3.05, 3.63) is 29.8 Å². The first-order valence-electron chi connectivity index (χ1n) is 7.26. The maximum atomic E-state index is 12.4. The molecule has 0 radical (unpaired) electrons. The molecule has 114 valence electrons. The van der Waals surface area contributed by atoms with E-state index in [4.69, 9.17) is 4.74 Å². The predicted octanol–water partition coefficient (Wildman–Crippen LogP) is 1.34. The van der Waals surface area contributed by atoms with Crippen LogP contribution in [-0.4, -0.2) is 50.4 Å². The highest BCUT2D eigenvalue weighted by Gasteiger charge is 2.27. The molecule has 1 aromatic carbocycles. The van der Waals surface area contributed by atoms with E-state index in [9.17, 15) is 9.59 Å². The lowest BCUT2D eigenvalue weighted by atomic mass is 9.89. The molecule has 1 N–H and O–H groups in total. The minimum atomic E-state index is 0.0111. The third-order valence-corrected chi connectivity index (χ3v) is 3.92. The number of methoxy groups -OCH3 is 1. The zero-order valence-corrected chi connectivity index (χ0v) is 12.6. The van der Waals surface area contributed by atoms with E-state index in [-0.39, 0.29) is 17.6 Å². The molecule has 1 aliphatic heterocycles. The van der Waals surface area contributed by atoms with Crippen molar-refractivity contribution in [2.75, 3.05) is 33.8 Å². The molecule has 1 fully saturated rings. The molecule has 1 saturated heterocycles. The Bertz CT molecular complexity index is 491. The van der Waals surface area contributed by atoms with Crippen molar-refractivity contribution in [1.82, 2.24) is 10.2 Å². The van der Waals surface area contributed by atoms with Crippen LogP contribution in [0.5, 0.6) is 5.75 Å². The smallest absolute Gasteiger partial charge is 0.236 e. The second-order valence-electron chi connectivity index (χ2n) is 5.28. The van der Waals surface area contributed by atoms with Crippen molar-refractivity contribution in [2.24, 2.45) is 5.92 Å². The summed E-state index contributed by atoms with van der Waals surface area (Å²) in [5.41, 5.74) is 0.718. The van der Waals surface area contributed by atoms with Gasteiger partial charge < -0.3 is 15.0 Å². The van der Waals surface area contributed by atoms with Gasteiger partial charge in [-0.05, 0) is 44.2 Å². The van der Waals surface area contributed by atoms with E-state index in [1.54, 1.807) is 38.4 Å². The summed E-state index contributed by atoms with van der Waals surface area (Å²) in [5.74, 6) is 1.03. The molecular weight excluding hydrogens is 268 g/mol. The number of rotatable bonds is 5. The normalized spacial score (nSPS) is 15.8. The van der Waals surface area contributed by atoms with Crippen LogP contribution in [-0.2, 0) is 4.79 Å². The molecule has 1 aromatic rings. The lowest BCUT2D eigenvalue weighted by molar-refractivity contribution is -0.131. The number of nitrogens with zero attached hydrogens (tertiary/aromatic N) is 1. The lowest BCUT2D eigenvalue weighted by Gasteiger charge is -2.31. The number of carbonyl (C=O) groups excluding carboxylic acids is 2. The number of amides is 1. The first kappa shape index (κ1) is 15.5. The van der Waals surface area contributed by atoms with Gasteiger partial charge in [0.2, 0.25) is 5.91 Å². The number of nitrogens with one attached hydrogen (secondary N) is 1. The summed E-state index contributed by atoms with van der Waals surface area (Å²) in [7, 11) is 3.37. The molecule has 1 heterocycles. The maximum Gasteiger partial charge on any atom is 0.236 e. The molecule has 0 unspecified atom stereocenters. The molecular formula is C16H22N2O3. The molecule has 0 saturated carbocycles. The fraction of sp³-hybridized carbons (Fsp3) is 0.500. The minimum Gasteiger partial charge on any atom is -0.497 e. The molecule has 0 aliphatic carbocycles. The van der Waals surface area contributed by atoms with Crippen molar-refractivity contribution in [2.45, 2.75) is 12.8 Å². The van der Waals surface area contributed by atoms with E-state index in [0.29, 0.717) is 19.6 Å². The number of carbonyl (C=O) groups is 2. The Morgan fingerprint density at radius 1 is 1.24 bits per heavy atom. The zero-order chi connectivity index (χ0) is 15.2. The Morgan fingerprint density at radius 3 is 2.38 bits per heavy atom. The van der Waals surface area contributed by atoms with E-state index < -0.39 is 0 Å². The van der Waals surface area contributed by atoms with Gasteiger partial charge >= 0.3 is 0 Å². The molecule has 2 rings (SSSR count). The topological polar surface area (TPSA) is 58.6 Å². The van der Waals surface area contributed by atoms with Crippen LogP contribution >= 0.6 is 0 Å². The SMILES string of the molecule is CNCC(=O)N1CCC(C(=O)c2ccc(OC)cc2)CC1. The summed E-state index contributed by atoms with van der Waals surface area (Å²) in [5, 5.41) is 2.87. The number of benzene rings is 1. The molecule has 21 heavy (non-hydrogen) atoms. The maximum absolute atomic E-state index is 12.4. The first-order valence-corrected chi connectivity index (χ1v) is 7.26. The number of Topliss-reactive ketones (excluding diaryl/α,β-unsaturated/α-hetero) is 1. The minimum absolute atomic E-state index is 0.0111. The zero-order valence-electron chi connectivity index (χ0n) is 12.6. The molecule has 0 aromatic heterocycles. The van der Waals surface area contributed by atoms with Crippen LogP contribution in [0.25, 0.3) is 0 Å². The predicted molar refractivity (Wildman–Crippen MR) is 80.6 cm³/mol. The van der Waals surface area contributed by atoms with Crippen molar-refractivity contribution in [3.8, 4) is 5.75 Å². The largest absolute Gasteiger partial charge is 0.497 e. The van der Waals surface area contributed by atoms with Crippen molar-refractivity contribution >= 4 is 11.7 Å². The molecule has 1 aliphatic rings. The van der Waals surface area contributed by atoms with Gasteiger partial charge in [0.15, 0.2) is 5.78 Å². The van der Waals surface area contributed by atoms with Crippen molar-refractivity contribution < 1.29 is 14.3 Å². The summed E-state index contributed by atoms with van der Waals surface area (Å²) in [6, 6.07) is 7.22. The van der Waals surface area contributed by atoms with E-state index in [2.05, 4.69) is 5.32 Å². The second kappa shape index (κ2) is 7.22. The van der Waals surface area contributed by atoms with Crippen LogP contribution in [0.15, 0.2) is 24.3 Å². The van der Waals surface area contributed by atoms with Gasteiger partial charge in [-0.2, -0.15) is 0 Å². The van der Waals surface area contributed by atoms with Gasteiger partial charge in [-0.25, -0.2) is 0 Å². The first-order chi connectivity index (χ1) is 10.2. The Hall–Kier alpha value is -1.88. The summed E-state index contributed by atoms with van der Waals surface area (Å²) in [6.45, 7) is 1.68. The van der Waals surface area contributed by atoms with Crippen LogP contribution in [0.4, 0.5) is 0 Å². The highest BCUT2D eigenvalue weighted by Crippen LogP contribution is 2.23. The monoisotopic (exact) mass is 290 g/mol. The number of hydrogen-bond acceptors (Lipinski definition) is 4. The number of likely N-dealkylation sites (tertiary alicyclic amines) is 1. The molecule has 0 spiro atoms. The van der Waals surface area contributed by atoms with Gasteiger partial charge in [0.05, 0.1) is 13.7 Å². The molecule has 1 amide bonds. The Balaban J connectivity index is 1.92. The van der Waals surface area contributed by atoms with Gasteiger partial charge in [-0.1, -0.05) is 0 Å². The fourth-order valence-corrected chi connectivity index (χ4v) is 2.65. The highest BCUT2D eigenvalue weighted by atomic mass is 16.5. The summed E-state index contributed by atoms with van der Waals surface area (Å²) in [6.07, 6.45) is 1.47. The number of ether oxygens (including phenoxy) is 1. The van der Waals surface area contributed by atoms with Crippen molar-refractivity contribution in [3.63, 3.8) is 0 Å². The van der Waals surface area contributed by atoms with Gasteiger partial charge in [-0.15, -0.1) is 0 Å².